The maximum Gasteiger partial charge on any atom is 0.335 e. The van der Waals surface area contributed by atoms with Crippen molar-refractivity contribution < 1.29 is 19.1 Å². The lowest BCUT2D eigenvalue weighted by atomic mass is 10.0. The first kappa shape index (κ1) is 24.9. The van der Waals surface area contributed by atoms with Gasteiger partial charge in [0.1, 0.15) is 17.3 Å². The molecule has 2 aromatic heterocycles. The van der Waals surface area contributed by atoms with Crippen LogP contribution in [0.5, 0.6) is 0 Å². The average Bonchev–Trinajstić information content (AvgIpc) is 3.38. The summed E-state index contributed by atoms with van der Waals surface area (Å²) in [6.45, 7) is 0.187. The molecule has 0 saturated heterocycles. The quantitative estimate of drug-likeness (QED) is 0.268. The Hall–Kier alpha value is -5.37. The van der Waals surface area contributed by atoms with Gasteiger partial charge in [0.15, 0.2) is 5.65 Å². The van der Waals surface area contributed by atoms with E-state index in [-0.39, 0.29) is 23.8 Å². The minimum Gasteiger partial charge on any atom is -0.478 e. The summed E-state index contributed by atoms with van der Waals surface area (Å²) in [5.41, 5.74) is 3.95. The highest BCUT2D eigenvalue weighted by Gasteiger charge is 2.18. The van der Waals surface area contributed by atoms with Crippen molar-refractivity contribution in [2.75, 3.05) is 0 Å². The van der Waals surface area contributed by atoms with Crippen LogP contribution in [0.25, 0.3) is 27.5 Å². The van der Waals surface area contributed by atoms with Gasteiger partial charge in [0.2, 0.25) is 0 Å². The van der Waals surface area contributed by atoms with E-state index in [0.717, 1.165) is 21.9 Å². The van der Waals surface area contributed by atoms with E-state index in [0.29, 0.717) is 34.7 Å². The summed E-state index contributed by atoms with van der Waals surface area (Å²) < 4.78 is 15.7. The predicted octanol–water partition coefficient (Wildman–Crippen LogP) is 5.91. The third-order valence-corrected chi connectivity index (χ3v) is 6.79. The summed E-state index contributed by atoms with van der Waals surface area (Å²) in [4.78, 5) is 24.7. The van der Waals surface area contributed by atoms with Crippen molar-refractivity contribution in [1.29, 1.82) is 0 Å². The minimum absolute atomic E-state index is 0.169. The summed E-state index contributed by atoms with van der Waals surface area (Å²) in [6, 6.07) is 30.2. The van der Waals surface area contributed by atoms with Gasteiger partial charge in [0, 0.05) is 13.0 Å². The van der Waals surface area contributed by atoms with E-state index >= 15 is 0 Å². The largest absolute Gasteiger partial charge is 0.478 e. The highest BCUT2D eigenvalue weighted by molar-refractivity contribution is 5.95. The SMILES string of the molecule is O=C(O)c1ccc(CNC(=O)c2cc(-c3cccc(F)c3)cc3nnc(Cc4ccc5ccccc5c4)n23)cc1. The number of carboxylic acid groups (broad SMARTS) is 1. The monoisotopic (exact) mass is 530 g/mol. The van der Waals surface area contributed by atoms with Gasteiger partial charge in [-0.25, -0.2) is 9.18 Å². The number of halogens is 1. The fraction of sp³-hybridized carbons (Fsp3) is 0.0625. The number of aromatic carboxylic acids is 1. The van der Waals surface area contributed by atoms with Crippen LogP contribution in [0.15, 0.2) is 103 Å². The minimum atomic E-state index is -1.02. The second kappa shape index (κ2) is 10.4. The topological polar surface area (TPSA) is 96.6 Å². The number of hydrogen-bond donors (Lipinski definition) is 2. The van der Waals surface area contributed by atoms with E-state index in [2.05, 4.69) is 33.7 Å². The number of carboxylic acids is 1. The number of benzene rings is 4. The van der Waals surface area contributed by atoms with Gasteiger partial charge >= 0.3 is 5.97 Å². The van der Waals surface area contributed by atoms with Crippen molar-refractivity contribution >= 4 is 28.3 Å². The molecular formula is C32H23FN4O3. The Bertz CT molecular complexity index is 1900. The molecule has 2 N–H and O–H groups in total. The molecule has 0 bridgehead atoms. The first-order valence-corrected chi connectivity index (χ1v) is 12.7. The van der Waals surface area contributed by atoms with Crippen molar-refractivity contribution in [2.24, 2.45) is 0 Å². The Balaban J connectivity index is 1.38. The Morgan fingerprint density at radius 1 is 0.775 bits per heavy atom. The third-order valence-electron chi connectivity index (χ3n) is 6.79. The Labute approximate surface area is 228 Å². The lowest BCUT2D eigenvalue weighted by Gasteiger charge is -2.12. The molecule has 7 nitrogen and oxygen atoms in total. The summed E-state index contributed by atoms with van der Waals surface area (Å²) in [5, 5.41) is 23.1. The van der Waals surface area contributed by atoms with E-state index in [1.807, 2.05) is 24.3 Å². The molecule has 196 valence electrons. The molecule has 4 aromatic carbocycles. The standard InChI is InChI=1S/C32H23FN4O3/c33-27-7-3-6-25(16-27)26-17-28(31(38)34-19-20-8-12-23(13-9-20)32(39)40)37-29(35-36-30(37)18-26)15-21-10-11-22-4-1-2-5-24(22)14-21/h1-14,16-18H,15,19H2,(H,34,38)(H,39,40). The number of aromatic nitrogens is 3. The van der Waals surface area contributed by atoms with Crippen LogP contribution < -0.4 is 5.32 Å². The molecule has 2 heterocycles. The number of amides is 1. The number of hydrogen-bond acceptors (Lipinski definition) is 4. The zero-order chi connectivity index (χ0) is 27.6. The fourth-order valence-corrected chi connectivity index (χ4v) is 4.76. The molecule has 6 rings (SSSR count). The van der Waals surface area contributed by atoms with Crippen molar-refractivity contribution in [3.63, 3.8) is 0 Å². The summed E-state index contributed by atoms with van der Waals surface area (Å²) in [5.74, 6) is -1.18. The van der Waals surface area contributed by atoms with Crippen LogP contribution in [-0.4, -0.2) is 31.6 Å². The Morgan fingerprint density at radius 2 is 1.55 bits per heavy atom. The van der Waals surface area contributed by atoms with Crippen molar-refractivity contribution in [3.05, 3.63) is 137 Å². The summed E-state index contributed by atoms with van der Waals surface area (Å²) in [7, 11) is 0. The highest BCUT2D eigenvalue weighted by atomic mass is 19.1. The molecular weight excluding hydrogens is 507 g/mol. The highest BCUT2D eigenvalue weighted by Crippen LogP contribution is 2.25. The smallest absolute Gasteiger partial charge is 0.335 e. The van der Waals surface area contributed by atoms with E-state index in [1.165, 1.54) is 24.3 Å². The molecule has 1 amide bonds. The number of nitrogens with one attached hydrogen (secondary N) is 1. The van der Waals surface area contributed by atoms with E-state index < -0.39 is 5.97 Å². The second-order valence-corrected chi connectivity index (χ2v) is 9.49. The van der Waals surface area contributed by atoms with Crippen LogP contribution >= 0.6 is 0 Å². The number of carbonyl (C=O) groups excluding carboxylic acids is 1. The fourth-order valence-electron chi connectivity index (χ4n) is 4.76. The average molecular weight is 531 g/mol. The van der Waals surface area contributed by atoms with E-state index in [9.17, 15) is 14.0 Å². The normalized spacial score (nSPS) is 11.1. The van der Waals surface area contributed by atoms with E-state index in [4.69, 9.17) is 5.11 Å². The molecule has 0 spiro atoms. The van der Waals surface area contributed by atoms with Crippen LogP contribution in [0, 0.1) is 5.82 Å². The van der Waals surface area contributed by atoms with Gasteiger partial charge < -0.3 is 10.4 Å². The molecule has 8 heteroatoms. The number of carbonyl (C=O) groups is 2. The number of rotatable bonds is 7. The molecule has 0 atom stereocenters. The van der Waals surface area contributed by atoms with Crippen molar-refractivity contribution in [1.82, 2.24) is 19.9 Å². The number of pyridine rings is 1. The van der Waals surface area contributed by atoms with Crippen LogP contribution in [-0.2, 0) is 13.0 Å². The van der Waals surface area contributed by atoms with Gasteiger partial charge in [0.05, 0.1) is 5.56 Å². The maximum atomic E-state index is 14.0. The van der Waals surface area contributed by atoms with Gasteiger partial charge in [-0.1, -0.05) is 66.7 Å². The van der Waals surface area contributed by atoms with Crippen LogP contribution in [0.1, 0.15) is 37.8 Å². The van der Waals surface area contributed by atoms with Gasteiger partial charge in [-0.2, -0.15) is 0 Å². The van der Waals surface area contributed by atoms with E-state index in [1.54, 1.807) is 40.8 Å². The first-order valence-electron chi connectivity index (χ1n) is 12.7. The number of fused-ring (bicyclic) bond motifs is 2. The van der Waals surface area contributed by atoms with Crippen LogP contribution in [0.2, 0.25) is 0 Å². The molecule has 0 unspecified atom stereocenters. The maximum absolute atomic E-state index is 14.0. The predicted molar refractivity (Wildman–Crippen MR) is 150 cm³/mol. The Kier molecular flexibility index (Phi) is 6.49. The van der Waals surface area contributed by atoms with Gasteiger partial charge in [-0.05, 0) is 69.4 Å². The first-order chi connectivity index (χ1) is 19.4. The van der Waals surface area contributed by atoms with Crippen LogP contribution in [0.4, 0.5) is 4.39 Å². The zero-order valence-corrected chi connectivity index (χ0v) is 21.2. The van der Waals surface area contributed by atoms with Crippen LogP contribution in [0.3, 0.4) is 0 Å². The van der Waals surface area contributed by atoms with Gasteiger partial charge in [0.25, 0.3) is 5.91 Å². The summed E-state index contributed by atoms with van der Waals surface area (Å²) >= 11 is 0. The lowest BCUT2D eigenvalue weighted by molar-refractivity contribution is 0.0696. The molecule has 0 aliphatic heterocycles. The molecule has 0 aliphatic rings. The third kappa shape index (κ3) is 5.02. The molecule has 0 aliphatic carbocycles. The Morgan fingerprint density at radius 3 is 2.33 bits per heavy atom. The molecule has 0 saturated carbocycles. The van der Waals surface area contributed by atoms with Gasteiger partial charge in [-0.15, -0.1) is 10.2 Å². The number of nitrogens with zero attached hydrogens (tertiary/aromatic N) is 3. The van der Waals surface area contributed by atoms with Crippen molar-refractivity contribution in [2.45, 2.75) is 13.0 Å². The molecule has 0 fully saturated rings. The van der Waals surface area contributed by atoms with Gasteiger partial charge in [-0.3, -0.25) is 9.20 Å². The zero-order valence-electron chi connectivity index (χ0n) is 21.2. The molecule has 6 aromatic rings. The van der Waals surface area contributed by atoms with Crippen molar-refractivity contribution in [3.8, 4) is 11.1 Å². The lowest BCUT2D eigenvalue weighted by Crippen LogP contribution is -2.25. The molecule has 0 radical (unpaired) electrons. The second-order valence-electron chi connectivity index (χ2n) is 9.49. The molecule has 40 heavy (non-hydrogen) atoms. The summed E-state index contributed by atoms with van der Waals surface area (Å²) in [6.07, 6.45) is 0.447.